The third kappa shape index (κ3) is 2.42. The maximum absolute atomic E-state index is 11.9. The van der Waals surface area contributed by atoms with E-state index in [1.54, 1.807) is 19.2 Å². The van der Waals surface area contributed by atoms with Gasteiger partial charge in [0.1, 0.15) is 11.4 Å². The lowest BCUT2D eigenvalue weighted by molar-refractivity contribution is 0.0488. The molecule has 0 unspecified atom stereocenters. The molecule has 16 heavy (non-hydrogen) atoms. The highest BCUT2D eigenvalue weighted by atomic mass is 16.5. The predicted octanol–water partition coefficient (Wildman–Crippen LogP) is 2.27. The average Bonchev–Trinajstić information content (AvgIpc) is 2.14. The summed E-state index contributed by atoms with van der Waals surface area (Å²) in [5.74, 6) is 0.508. The van der Waals surface area contributed by atoms with Crippen LogP contribution in [0.3, 0.4) is 0 Å². The third-order valence-electron chi connectivity index (χ3n) is 2.48. The molecule has 0 aliphatic carbocycles. The Balaban J connectivity index is 3.24. The molecule has 88 valence electrons. The van der Waals surface area contributed by atoms with Crippen molar-refractivity contribution in [3.63, 3.8) is 0 Å². The molecule has 1 aromatic rings. The molecular formula is C13H18O3. The number of hydrogen-bond donors (Lipinski definition) is 1. The second kappa shape index (κ2) is 4.26. The summed E-state index contributed by atoms with van der Waals surface area (Å²) < 4.78 is 5.22. The smallest absolute Gasteiger partial charge is 0.193 e. The lowest BCUT2D eigenvalue weighted by Crippen LogP contribution is -2.31. The number of Topliss-reactive ketones (excluding diaryl/α,β-unsaturated/α-hetero) is 1. The van der Waals surface area contributed by atoms with Gasteiger partial charge < -0.3 is 9.84 Å². The lowest BCUT2D eigenvalue weighted by atomic mass is 9.94. The summed E-state index contributed by atoms with van der Waals surface area (Å²) >= 11 is 0. The minimum absolute atomic E-state index is 0.277. The summed E-state index contributed by atoms with van der Waals surface area (Å²) in [6.45, 7) is 6.74. The van der Waals surface area contributed by atoms with Crippen molar-refractivity contribution in [3.05, 3.63) is 28.8 Å². The van der Waals surface area contributed by atoms with E-state index in [9.17, 15) is 9.90 Å². The van der Waals surface area contributed by atoms with Crippen molar-refractivity contribution in [2.75, 3.05) is 7.11 Å². The van der Waals surface area contributed by atoms with Gasteiger partial charge in [-0.05, 0) is 51.0 Å². The zero-order valence-electron chi connectivity index (χ0n) is 10.4. The quantitative estimate of drug-likeness (QED) is 0.798. The number of rotatable bonds is 3. The number of ketones is 1. The van der Waals surface area contributed by atoms with E-state index in [0.717, 1.165) is 16.9 Å². The Hall–Kier alpha value is -1.35. The van der Waals surface area contributed by atoms with Gasteiger partial charge in [-0.1, -0.05) is 0 Å². The average molecular weight is 222 g/mol. The van der Waals surface area contributed by atoms with Gasteiger partial charge >= 0.3 is 0 Å². The Bertz CT molecular complexity index is 391. The van der Waals surface area contributed by atoms with Crippen LogP contribution in [0, 0.1) is 13.8 Å². The van der Waals surface area contributed by atoms with Crippen molar-refractivity contribution in [2.45, 2.75) is 33.3 Å². The predicted molar refractivity (Wildman–Crippen MR) is 63.1 cm³/mol. The summed E-state index contributed by atoms with van der Waals surface area (Å²) in [5.41, 5.74) is 0.974. The largest absolute Gasteiger partial charge is 0.496 e. The zero-order chi connectivity index (χ0) is 12.5. The Kier molecular flexibility index (Phi) is 3.38. The molecule has 0 aromatic heterocycles. The van der Waals surface area contributed by atoms with Gasteiger partial charge in [0.05, 0.1) is 7.11 Å². The van der Waals surface area contributed by atoms with Crippen LogP contribution in [0.1, 0.15) is 35.3 Å². The van der Waals surface area contributed by atoms with Crippen molar-refractivity contribution >= 4 is 5.78 Å². The molecule has 0 radical (unpaired) electrons. The Labute approximate surface area is 96.1 Å². The fourth-order valence-corrected chi connectivity index (χ4v) is 1.76. The van der Waals surface area contributed by atoms with E-state index in [0.29, 0.717) is 5.56 Å². The number of carbonyl (C=O) groups excluding carboxylic acids is 1. The van der Waals surface area contributed by atoms with Gasteiger partial charge in [-0.2, -0.15) is 0 Å². The second-order valence-corrected chi connectivity index (χ2v) is 4.53. The molecule has 0 fully saturated rings. The standard InChI is InChI=1S/C13H18O3/c1-8-6-10(12(14)13(3,4)15)7-9(2)11(8)16-5/h6-7,15H,1-5H3. The zero-order valence-corrected chi connectivity index (χ0v) is 10.4. The number of ether oxygens (including phenoxy) is 1. The van der Waals surface area contributed by atoms with E-state index in [1.165, 1.54) is 13.8 Å². The fraction of sp³-hybridized carbons (Fsp3) is 0.462. The third-order valence-corrected chi connectivity index (χ3v) is 2.48. The molecule has 1 aromatic carbocycles. The number of methoxy groups -OCH3 is 1. The second-order valence-electron chi connectivity index (χ2n) is 4.53. The number of hydrogen-bond acceptors (Lipinski definition) is 3. The summed E-state index contributed by atoms with van der Waals surface area (Å²) in [7, 11) is 1.60. The van der Waals surface area contributed by atoms with Crippen LogP contribution in [0.25, 0.3) is 0 Å². The summed E-state index contributed by atoms with van der Waals surface area (Å²) in [5, 5.41) is 9.67. The number of aryl methyl sites for hydroxylation is 2. The van der Waals surface area contributed by atoms with Crippen LogP contribution in [-0.4, -0.2) is 23.6 Å². The van der Waals surface area contributed by atoms with Crippen LogP contribution < -0.4 is 4.74 Å². The molecule has 0 saturated carbocycles. The maximum atomic E-state index is 11.9. The van der Waals surface area contributed by atoms with E-state index >= 15 is 0 Å². The first kappa shape index (κ1) is 12.7. The topological polar surface area (TPSA) is 46.5 Å². The molecule has 0 bridgehead atoms. The molecule has 0 amide bonds. The molecule has 3 heteroatoms. The van der Waals surface area contributed by atoms with Crippen LogP contribution >= 0.6 is 0 Å². The van der Waals surface area contributed by atoms with Crippen LogP contribution in [-0.2, 0) is 0 Å². The lowest BCUT2D eigenvalue weighted by Gasteiger charge is -2.17. The summed E-state index contributed by atoms with van der Waals surface area (Å²) in [6.07, 6.45) is 0. The van der Waals surface area contributed by atoms with Crippen molar-refractivity contribution in [1.29, 1.82) is 0 Å². The van der Waals surface area contributed by atoms with Crippen molar-refractivity contribution in [1.82, 2.24) is 0 Å². The van der Waals surface area contributed by atoms with Crippen LogP contribution in [0.15, 0.2) is 12.1 Å². The molecule has 0 aliphatic rings. The molecule has 1 N–H and O–H groups in total. The van der Waals surface area contributed by atoms with Gasteiger partial charge in [0.2, 0.25) is 0 Å². The highest BCUT2D eigenvalue weighted by Crippen LogP contribution is 2.26. The number of benzene rings is 1. The molecule has 3 nitrogen and oxygen atoms in total. The van der Waals surface area contributed by atoms with Crippen LogP contribution in [0.4, 0.5) is 0 Å². The van der Waals surface area contributed by atoms with Crippen molar-refractivity contribution in [3.8, 4) is 5.75 Å². The van der Waals surface area contributed by atoms with Gasteiger partial charge in [-0.25, -0.2) is 0 Å². The molecular weight excluding hydrogens is 204 g/mol. The Morgan fingerprint density at radius 3 is 2.00 bits per heavy atom. The van der Waals surface area contributed by atoms with Crippen LogP contribution in [0.2, 0.25) is 0 Å². The van der Waals surface area contributed by atoms with Gasteiger partial charge in [0.25, 0.3) is 0 Å². The normalized spacial score (nSPS) is 11.4. The maximum Gasteiger partial charge on any atom is 0.193 e. The molecule has 0 spiro atoms. The highest BCUT2D eigenvalue weighted by Gasteiger charge is 2.26. The number of aliphatic hydroxyl groups is 1. The molecule has 0 heterocycles. The summed E-state index contributed by atoms with van der Waals surface area (Å²) in [6, 6.07) is 3.48. The van der Waals surface area contributed by atoms with Gasteiger partial charge in [0, 0.05) is 5.56 Å². The van der Waals surface area contributed by atoms with Crippen molar-refractivity contribution < 1.29 is 14.6 Å². The van der Waals surface area contributed by atoms with Gasteiger partial charge in [-0.15, -0.1) is 0 Å². The van der Waals surface area contributed by atoms with Crippen molar-refractivity contribution in [2.24, 2.45) is 0 Å². The minimum Gasteiger partial charge on any atom is -0.496 e. The SMILES string of the molecule is COc1c(C)cc(C(=O)C(C)(C)O)cc1C. The van der Waals surface area contributed by atoms with E-state index in [4.69, 9.17) is 4.74 Å². The van der Waals surface area contributed by atoms with Gasteiger partial charge in [0.15, 0.2) is 5.78 Å². The molecule has 0 aliphatic heterocycles. The monoisotopic (exact) mass is 222 g/mol. The summed E-state index contributed by atoms with van der Waals surface area (Å²) in [4.78, 5) is 11.9. The first-order valence-electron chi connectivity index (χ1n) is 5.19. The first-order chi connectivity index (χ1) is 7.27. The molecule has 1 rings (SSSR count). The first-order valence-corrected chi connectivity index (χ1v) is 5.19. The van der Waals surface area contributed by atoms with E-state index in [1.807, 2.05) is 13.8 Å². The highest BCUT2D eigenvalue weighted by molar-refractivity contribution is 6.02. The number of carbonyl (C=O) groups is 1. The fourth-order valence-electron chi connectivity index (χ4n) is 1.76. The van der Waals surface area contributed by atoms with E-state index in [-0.39, 0.29) is 5.78 Å². The van der Waals surface area contributed by atoms with Crippen LogP contribution in [0.5, 0.6) is 5.75 Å². The molecule has 0 atom stereocenters. The van der Waals surface area contributed by atoms with E-state index < -0.39 is 5.60 Å². The Morgan fingerprint density at radius 1 is 1.25 bits per heavy atom. The Morgan fingerprint density at radius 2 is 1.69 bits per heavy atom. The minimum atomic E-state index is -1.34. The van der Waals surface area contributed by atoms with E-state index in [2.05, 4.69) is 0 Å². The van der Waals surface area contributed by atoms with Gasteiger partial charge in [-0.3, -0.25) is 4.79 Å². The molecule has 0 saturated heterocycles.